The normalized spacial score (nSPS) is 27.2. The molecule has 6 heteroatoms. The number of rotatable bonds is 6. The number of anilines is 2. The van der Waals surface area contributed by atoms with Gasteiger partial charge in [-0.3, -0.25) is 0 Å². The molecule has 1 unspecified atom stereocenters. The van der Waals surface area contributed by atoms with Crippen molar-refractivity contribution in [1.82, 2.24) is 5.32 Å². The molecule has 4 rings (SSSR count). The Morgan fingerprint density at radius 1 is 1.43 bits per heavy atom. The Morgan fingerprint density at radius 2 is 2.21 bits per heavy atom. The molecule has 0 bridgehead atoms. The molecule has 1 saturated heterocycles. The van der Waals surface area contributed by atoms with E-state index in [9.17, 15) is 0 Å². The average Bonchev–Trinajstić information content (AvgIpc) is 2.62. The summed E-state index contributed by atoms with van der Waals surface area (Å²) in [7, 11) is 2.15. The van der Waals surface area contributed by atoms with E-state index in [1.807, 2.05) is 0 Å². The maximum absolute atomic E-state index is 9.05. The molecule has 0 spiro atoms. The highest BCUT2D eigenvalue weighted by molar-refractivity contribution is 6.70. The van der Waals surface area contributed by atoms with Crippen molar-refractivity contribution in [3.05, 3.63) is 35.5 Å². The molecule has 4 N–H and O–H groups in total. The van der Waals surface area contributed by atoms with Crippen LogP contribution in [0.15, 0.2) is 30.0 Å². The van der Waals surface area contributed by atoms with E-state index in [1.54, 1.807) is 0 Å². The summed E-state index contributed by atoms with van der Waals surface area (Å²) in [6.07, 6.45) is 8.00. The molecule has 3 aliphatic rings. The first-order valence-corrected chi connectivity index (χ1v) is 10.8. The van der Waals surface area contributed by atoms with E-state index < -0.39 is 0 Å². The van der Waals surface area contributed by atoms with E-state index in [0.29, 0.717) is 18.5 Å². The fraction of sp³-hybridized carbons (Fsp3) is 0.591. The van der Waals surface area contributed by atoms with Gasteiger partial charge < -0.3 is 21.3 Å². The molecule has 148 valence electrons. The van der Waals surface area contributed by atoms with Crippen LogP contribution < -0.4 is 21.3 Å². The summed E-state index contributed by atoms with van der Waals surface area (Å²) < 4.78 is 0. The minimum absolute atomic E-state index is 0.223. The van der Waals surface area contributed by atoms with E-state index in [2.05, 4.69) is 59.9 Å². The van der Waals surface area contributed by atoms with E-state index in [-0.39, 0.29) is 12.8 Å². The van der Waals surface area contributed by atoms with E-state index >= 15 is 0 Å². The number of hydrogen-bond acceptors (Lipinski definition) is 5. The van der Waals surface area contributed by atoms with Crippen LogP contribution in [0.2, 0.25) is 12.6 Å². The SMILES string of the molecule is CCC1CC(N/C=C(\CN)C2CN(C)c3ccc(C4CB(C#N)C4)cc3N2)C1. The number of fused-ring (bicyclic) bond motifs is 1. The second-order valence-corrected chi connectivity index (χ2v) is 8.88. The summed E-state index contributed by atoms with van der Waals surface area (Å²) >= 11 is 0. The highest BCUT2D eigenvalue weighted by Gasteiger charge is 2.35. The number of benzene rings is 1. The molecule has 2 fully saturated rings. The van der Waals surface area contributed by atoms with Crippen LogP contribution in [0.4, 0.5) is 11.4 Å². The van der Waals surface area contributed by atoms with Crippen molar-refractivity contribution in [2.24, 2.45) is 11.7 Å². The van der Waals surface area contributed by atoms with Crippen LogP contribution in [0, 0.1) is 17.1 Å². The van der Waals surface area contributed by atoms with Crippen LogP contribution in [0.5, 0.6) is 0 Å². The molecule has 1 atom stereocenters. The number of nitrogens with two attached hydrogens (primary N) is 1. The molecule has 28 heavy (non-hydrogen) atoms. The monoisotopic (exact) mass is 377 g/mol. The predicted octanol–water partition coefficient (Wildman–Crippen LogP) is 3.19. The van der Waals surface area contributed by atoms with Crippen molar-refractivity contribution in [1.29, 1.82) is 5.26 Å². The fourth-order valence-corrected chi connectivity index (χ4v) is 4.80. The van der Waals surface area contributed by atoms with Gasteiger partial charge in [0.05, 0.1) is 17.4 Å². The molecule has 1 saturated carbocycles. The minimum atomic E-state index is 0.223. The average molecular weight is 377 g/mol. The molecule has 1 aromatic rings. The Morgan fingerprint density at radius 3 is 2.89 bits per heavy atom. The standard InChI is InChI=1S/C22H32BN5/c1-3-15-6-19(7-15)26-12-18(11-24)21-13-28(2)22-5-4-16(8-20(22)27-21)17-9-23(10-17)14-25/h4-5,8,12,15,17,19,21,26-27H,3,6-7,9-11,13,24H2,1-2H3/b18-12+. The lowest BCUT2D eigenvalue weighted by Gasteiger charge is -2.38. The lowest BCUT2D eigenvalue weighted by molar-refractivity contribution is 0.233. The third-order valence-electron chi connectivity index (χ3n) is 7.01. The van der Waals surface area contributed by atoms with E-state index in [0.717, 1.165) is 25.1 Å². The number of hydrogen-bond donors (Lipinski definition) is 3. The van der Waals surface area contributed by atoms with Crippen molar-refractivity contribution in [3.8, 4) is 5.97 Å². The van der Waals surface area contributed by atoms with Crippen molar-refractivity contribution in [2.75, 3.05) is 30.4 Å². The van der Waals surface area contributed by atoms with Gasteiger partial charge in [-0.25, -0.2) is 5.26 Å². The van der Waals surface area contributed by atoms with Crippen molar-refractivity contribution < 1.29 is 0 Å². The smallest absolute Gasteiger partial charge is 0.269 e. The lowest BCUT2D eigenvalue weighted by Crippen LogP contribution is -2.44. The quantitative estimate of drug-likeness (QED) is 0.664. The first-order chi connectivity index (χ1) is 13.6. The Labute approximate surface area is 169 Å². The third kappa shape index (κ3) is 3.73. The summed E-state index contributed by atoms with van der Waals surface area (Å²) in [5, 5.41) is 16.4. The van der Waals surface area contributed by atoms with Gasteiger partial charge in [0.1, 0.15) is 0 Å². The number of nitrogens with one attached hydrogen (secondary N) is 2. The zero-order valence-corrected chi connectivity index (χ0v) is 17.1. The van der Waals surface area contributed by atoms with Gasteiger partial charge in [0.25, 0.3) is 6.71 Å². The molecule has 2 aliphatic heterocycles. The zero-order chi connectivity index (χ0) is 19.7. The fourth-order valence-electron chi connectivity index (χ4n) is 4.80. The predicted molar refractivity (Wildman–Crippen MR) is 118 cm³/mol. The summed E-state index contributed by atoms with van der Waals surface area (Å²) in [6.45, 7) is 3.99. The number of nitrogens with zero attached hydrogens (tertiary/aromatic N) is 2. The molecule has 5 nitrogen and oxygen atoms in total. The van der Waals surface area contributed by atoms with Gasteiger partial charge in [-0.15, -0.1) is 0 Å². The van der Waals surface area contributed by atoms with Gasteiger partial charge in [-0.05, 0) is 54.1 Å². The Kier molecular flexibility index (Phi) is 5.55. The third-order valence-corrected chi connectivity index (χ3v) is 7.01. The van der Waals surface area contributed by atoms with Gasteiger partial charge >= 0.3 is 0 Å². The molecular weight excluding hydrogens is 345 g/mol. The Bertz CT molecular complexity index is 774. The molecule has 1 aromatic carbocycles. The van der Waals surface area contributed by atoms with Gasteiger partial charge in [0.15, 0.2) is 0 Å². The lowest BCUT2D eigenvalue weighted by atomic mass is 9.32. The van der Waals surface area contributed by atoms with Crippen molar-refractivity contribution >= 4 is 18.1 Å². The Balaban J connectivity index is 1.44. The van der Waals surface area contributed by atoms with Gasteiger partial charge in [-0.2, -0.15) is 0 Å². The summed E-state index contributed by atoms with van der Waals surface area (Å²) in [4.78, 5) is 2.32. The van der Waals surface area contributed by atoms with Gasteiger partial charge in [0.2, 0.25) is 0 Å². The van der Waals surface area contributed by atoms with Crippen LogP contribution in [0.25, 0.3) is 0 Å². The second kappa shape index (κ2) is 8.09. The molecule has 0 amide bonds. The summed E-state index contributed by atoms with van der Waals surface area (Å²) in [6, 6.07) is 7.57. The van der Waals surface area contributed by atoms with Crippen LogP contribution in [0.1, 0.15) is 37.7 Å². The Hall–Kier alpha value is -2.13. The van der Waals surface area contributed by atoms with Crippen molar-refractivity contribution in [2.45, 2.75) is 56.8 Å². The largest absolute Gasteiger partial charge is 0.388 e. The topological polar surface area (TPSA) is 77.1 Å². The van der Waals surface area contributed by atoms with Crippen LogP contribution >= 0.6 is 0 Å². The van der Waals surface area contributed by atoms with E-state index in [1.165, 1.54) is 41.8 Å². The number of nitriles is 1. The summed E-state index contributed by atoms with van der Waals surface area (Å²) in [5.74, 6) is 3.81. The molecule has 1 aliphatic carbocycles. The van der Waals surface area contributed by atoms with Crippen LogP contribution in [0.3, 0.4) is 0 Å². The first kappa shape index (κ1) is 19.2. The highest BCUT2D eigenvalue weighted by atomic mass is 15.2. The van der Waals surface area contributed by atoms with Crippen LogP contribution in [-0.2, 0) is 0 Å². The molecule has 2 heterocycles. The van der Waals surface area contributed by atoms with Crippen LogP contribution in [-0.4, -0.2) is 38.9 Å². The van der Waals surface area contributed by atoms with Gasteiger partial charge in [0, 0.05) is 32.1 Å². The number of likely N-dealkylation sites (N-methyl/N-ethyl adjacent to an activating group) is 1. The van der Waals surface area contributed by atoms with Gasteiger partial charge in [-0.1, -0.05) is 32.1 Å². The second-order valence-electron chi connectivity index (χ2n) is 8.88. The molecular formula is C22H32BN5. The first-order valence-electron chi connectivity index (χ1n) is 10.8. The minimum Gasteiger partial charge on any atom is -0.388 e. The maximum atomic E-state index is 9.05. The maximum Gasteiger partial charge on any atom is 0.269 e. The molecule has 0 radical (unpaired) electrons. The zero-order valence-electron chi connectivity index (χ0n) is 17.1. The van der Waals surface area contributed by atoms with E-state index in [4.69, 9.17) is 11.0 Å². The highest BCUT2D eigenvalue weighted by Crippen LogP contribution is 2.41. The summed E-state index contributed by atoms with van der Waals surface area (Å²) in [5.41, 5.74) is 11.1. The molecule has 0 aromatic heterocycles. The van der Waals surface area contributed by atoms with Crippen molar-refractivity contribution in [3.63, 3.8) is 0 Å².